The van der Waals surface area contributed by atoms with Crippen LogP contribution < -0.4 is 4.72 Å². The van der Waals surface area contributed by atoms with Crippen LogP contribution in [0, 0.1) is 20.8 Å². The van der Waals surface area contributed by atoms with Crippen LogP contribution in [0.25, 0.3) is 0 Å². The molecule has 1 heterocycles. The summed E-state index contributed by atoms with van der Waals surface area (Å²) in [5, 5.41) is 12.6. The highest BCUT2D eigenvalue weighted by molar-refractivity contribution is 7.92. The molecular formula is C13H14N2O5S. The summed E-state index contributed by atoms with van der Waals surface area (Å²) in [6.45, 7) is 4.90. The van der Waals surface area contributed by atoms with Gasteiger partial charge in [0.2, 0.25) is 0 Å². The van der Waals surface area contributed by atoms with Crippen LogP contribution in [0.3, 0.4) is 0 Å². The SMILES string of the molecule is Cc1cc(NS(=O)(=O)c2cc(C(=O)O)cc(C)c2C)no1. The van der Waals surface area contributed by atoms with Gasteiger partial charge >= 0.3 is 5.97 Å². The standard InChI is InChI=1S/C13H14N2O5S/c1-7-4-10(13(16)17)6-11(9(7)3)21(18,19)15-12-5-8(2)20-14-12/h4-6H,1-3H3,(H,14,15)(H,16,17). The highest BCUT2D eigenvalue weighted by Gasteiger charge is 2.22. The molecule has 0 saturated carbocycles. The second-order valence-corrected chi connectivity index (χ2v) is 6.30. The molecule has 1 aromatic carbocycles. The number of benzene rings is 1. The topological polar surface area (TPSA) is 110 Å². The Hall–Kier alpha value is -2.35. The fraction of sp³-hybridized carbons (Fsp3) is 0.231. The molecule has 0 fully saturated rings. The maximum absolute atomic E-state index is 12.4. The minimum Gasteiger partial charge on any atom is -0.478 e. The number of sulfonamides is 1. The first-order valence-electron chi connectivity index (χ1n) is 6.01. The average molecular weight is 310 g/mol. The van der Waals surface area contributed by atoms with Crippen LogP contribution in [0.2, 0.25) is 0 Å². The van der Waals surface area contributed by atoms with E-state index in [9.17, 15) is 13.2 Å². The lowest BCUT2D eigenvalue weighted by atomic mass is 10.1. The van der Waals surface area contributed by atoms with Crippen molar-refractivity contribution in [3.8, 4) is 0 Å². The average Bonchev–Trinajstić information content (AvgIpc) is 2.76. The fourth-order valence-electron chi connectivity index (χ4n) is 1.84. The molecule has 0 aliphatic carbocycles. The molecule has 0 atom stereocenters. The van der Waals surface area contributed by atoms with Gasteiger partial charge in [0.1, 0.15) is 5.76 Å². The number of carboxylic acid groups (broad SMARTS) is 1. The Bertz CT molecular complexity index is 808. The smallest absolute Gasteiger partial charge is 0.335 e. The largest absolute Gasteiger partial charge is 0.478 e. The molecule has 0 bridgehead atoms. The first kappa shape index (κ1) is 15.0. The molecule has 0 unspecified atom stereocenters. The van der Waals surface area contributed by atoms with Gasteiger partial charge in [0, 0.05) is 6.07 Å². The van der Waals surface area contributed by atoms with Gasteiger partial charge < -0.3 is 9.63 Å². The number of hydrogen-bond acceptors (Lipinski definition) is 5. The number of carboxylic acids is 1. The number of nitrogens with zero attached hydrogens (tertiary/aromatic N) is 1. The van der Waals surface area contributed by atoms with Gasteiger partial charge in [-0.15, -0.1) is 0 Å². The summed E-state index contributed by atoms with van der Waals surface area (Å²) in [4.78, 5) is 11.0. The Labute approximate surface area is 121 Å². The second-order valence-electron chi connectivity index (χ2n) is 4.65. The first-order valence-corrected chi connectivity index (χ1v) is 7.49. The van der Waals surface area contributed by atoms with Crippen molar-refractivity contribution in [1.82, 2.24) is 5.16 Å². The fourth-order valence-corrected chi connectivity index (χ4v) is 3.16. The summed E-state index contributed by atoms with van der Waals surface area (Å²) < 4.78 is 31.8. The number of aryl methyl sites for hydroxylation is 2. The van der Waals surface area contributed by atoms with E-state index in [1.54, 1.807) is 20.8 Å². The van der Waals surface area contributed by atoms with Crippen molar-refractivity contribution in [2.24, 2.45) is 0 Å². The minimum absolute atomic E-state index is 0.0466. The van der Waals surface area contributed by atoms with Gasteiger partial charge in [0.25, 0.3) is 10.0 Å². The summed E-state index contributed by atoms with van der Waals surface area (Å²) in [7, 11) is -3.95. The van der Waals surface area contributed by atoms with Gasteiger partial charge in [0.15, 0.2) is 5.82 Å². The lowest BCUT2D eigenvalue weighted by Gasteiger charge is -2.11. The van der Waals surface area contributed by atoms with Gasteiger partial charge in [-0.2, -0.15) is 0 Å². The van der Waals surface area contributed by atoms with Crippen LogP contribution in [-0.4, -0.2) is 24.7 Å². The van der Waals surface area contributed by atoms with E-state index >= 15 is 0 Å². The number of carbonyl (C=O) groups is 1. The number of aromatic nitrogens is 1. The molecule has 2 N–H and O–H groups in total. The molecule has 0 saturated heterocycles. The van der Waals surface area contributed by atoms with Gasteiger partial charge in [0.05, 0.1) is 10.5 Å². The number of nitrogens with one attached hydrogen (secondary N) is 1. The van der Waals surface area contributed by atoms with Crippen LogP contribution in [0.1, 0.15) is 27.2 Å². The van der Waals surface area contributed by atoms with Gasteiger partial charge in [-0.3, -0.25) is 4.72 Å². The summed E-state index contributed by atoms with van der Waals surface area (Å²) >= 11 is 0. The third kappa shape index (κ3) is 3.05. The monoisotopic (exact) mass is 310 g/mol. The minimum atomic E-state index is -3.95. The van der Waals surface area contributed by atoms with Gasteiger partial charge in [-0.25, -0.2) is 13.2 Å². The van der Waals surface area contributed by atoms with Crippen molar-refractivity contribution in [3.05, 3.63) is 40.6 Å². The van der Waals surface area contributed by atoms with Crippen molar-refractivity contribution >= 4 is 21.8 Å². The zero-order chi connectivity index (χ0) is 15.8. The van der Waals surface area contributed by atoms with Gasteiger partial charge in [-0.1, -0.05) is 5.16 Å². The molecule has 0 aliphatic heterocycles. The third-order valence-electron chi connectivity index (χ3n) is 3.02. The predicted octanol–water partition coefficient (Wildman–Crippen LogP) is 2.10. The van der Waals surface area contributed by atoms with E-state index in [2.05, 4.69) is 9.88 Å². The highest BCUT2D eigenvalue weighted by Crippen LogP contribution is 2.23. The van der Waals surface area contributed by atoms with Crippen LogP contribution in [0.5, 0.6) is 0 Å². The summed E-state index contributed by atoms with van der Waals surface area (Å²) in [6, 6.07) is 3.98. The molecule has 2 rings (SSSR count). The number of rotatable bonds is 4. The Morgan fingerprint density at radius 1 is 1.24 bits per heavy atom. The molecule has 0 aliphatic rings. The normalized spacial score (nSPS) is 11.4. The van der Waals surface area contributed by atoms with Crippen molar-refractivity contribution in [1.29, 1.82) is 0 Å². The van der Waals surface area contributed by atoms with Crippen molar-refractivity contribution in [3.63, 3.8) is 0 Å². The molecule has 112 valence electrons. The molecule has 21 heavy (non-hydrogen) atoms. The van der Waals surface area contributed by atoms with Gasteiger partial charge in [-0.05, 0) is 44.0 Å². The van der Waals surface area contributed by atoms with Crippen molar-refractivity contribution < 1.29 is 22.8 Å². The van der Waals surface area contributed by atoms with E-state index in [0.717, 1.165) is 6.07 Å². The van der Waals surface area contributed by atoms with Crippen LogP contribution >= 0.6 is 0 Å². The third-order valence-corrected chi connectivity index (χ3v) is 4.50. The quantitative estimate of drug-likeness (QED) is 0.895. The second kappa shape index (κ2) is 5.21. The molecule has 0 amide bonds. The van der Waals surface area contributed by atoms with E-state index < -0.39 is 16.0 Å². The predicted molar refractivity (Wildman–Crippen MR) is 74.9 cm³/mol. The molecule has 2 aromatic rings. The van der Waals surface area contributed by atoms with Crippen molar-refractivity contribution in [2.45, 2.75) is 25.7 Å². The molecular weight excluding hydrogens is 296 g/mol. The molecule has 0 spiro atoms. The Morgan fingerprint density at radius 3 is 2.43 bits per heavy atom. The summed E-state index contributed by atoms with van der Waals surface area (Å²) in [6.07, 6.45) is 0. The van der Waals surface area contributed by atoms with Crippen LogP contribution in [0.15, 0.2) is 27.6 Å². The van der Waals surface area contributed by atoms with E-state index in [0.29, 0.717) is 16.9 Å². The number of anilines is 1. The van der Waals surface area contributed by atoms with E-state index in [1.165, 1.54) is 12.1 Å². The summed E-state index contributed by atoms with van der Waals surface area (Å²) in [5.74, 6) is -0.683. The Kier molecular flexibility index (Phi) is 3.73. The lowest BCUT2D eigenvalue weighted by Crippen LogP contribution is -2.16. The van der Waals surface area contributed by atoms with Crippen LogP contribution in [0.4, 0.5) is 5.82 Å². The lowest BCUT2D eigenvalue weighted by molar-refractivity contribution is 0.0696. The Morgan fingerprint density at radius 2 is 1.90 bits per heavy atom. The molecule has 7 nitrogen and oxygen atoms in total. The molecule has 8 heteroatoms. The maximum Gasteiger partial charge on any atom is 0.335 e. The highest BCUT2D eigenvalue weighted by atomic mass is 32.2. The number of aromatic carboxylic acids is 1. The van der Waals surface area contributed by atoms with Crippen molar-refractivity contribution in [2.75, 3.05) is 4.72 Å². The van der Waals surface area contributed by atoms with Crippen LogP contribution in [-0.2, 0) is 10.0 Å². The summed E-state index contributed by atoms with van der Waals surface area (Å²) in [5.41, 5.74) is 0.967. The van der Waals surface area contributed by atoms with E-state index in [4.69, 9.17) is 9.63 Å². The van der Waals surface area contributed by atoms with E-state index in [1.807, 2.05) is 0 Å². The zero-order valence-corrected chi connectivity index (χ0v) is 12.5. The first-order chi connectivity index (χ1) is 9.70. The molecule has 0 radical (unpaired) electrons. The molecule has 1 aromatic heterocycles. The Balaban J connectivity index is 2.51. The van der Waals surface area contributed by atoms with E-state index in [-0.39, 0.29) is 16.3 Å². The maximum atomic E-state index is 12.4. The zero-order valence-electron chi connectivity index (χ0n) is 11.7. The number of hydrogen-bond donors (Lipinski definition) is 2.